The molecule has 2 unspecified atom stereocenters. The van der Waals surface area contributed by atoms with E-state index >= 15 is 0 Å². The number of nitrogens with one attached hydrogen (secondary N) is 2. The number of nitrogens with zero attached hydrogens (tertiary/aromatic N) is 2. The summed E-state index contributed by atoms with van der Waals surface area (Å²) in [4.78, 5) is 18.2. The largest absolute Gasteiger partial charge is 0.444 e. The van der Waals surface area contributed by atoms with Gasteiger partial charge in [0.05, 0.1) is 12.7 Å². The van der Waals surface area contributed by atoms with Crippen LogP contribution in [0.3, 0.4) is 0 Å². The van der Waals surface area contributed by atoms with Crippen LogP contribution in [0.1, 0.15) is 33.6 Å². The molecule has 2 heterocycles. The number of rotatable bonds is 4. The molecular formula is C17H33IN4O4. The van der Waals surface area contributed by atoms with Gasteiger partial charge < -0.3 is 29.7 Å². The van der Waals surface area contributed by atoms with Gasteiger partial charge in [-0.2, -0.15) is 0 Å². The number of halogens is 1. The molecule has 2 saturated heterocycles. The van der Waals surface area contributed by atoms with Crippen molar-refractivity contribution in [2.45, 2.75) is 51.4 Å². The van der Waals surface area contributed by atoms with E-state index in [0.717, 1.165) is 38.5 Å². The summed E-state index contributed by atoms with van der Waals surface area (Å²) in [6.45, 7) is 9.63. The molecule has 152 valence electrons. The van der Waals surface area contributed by atoms with Crippen LogP contribution in [-0.4, -0.2) is 81.2 Å². The second-order valence-corrected chi connectivity index (χ2v) is 7.31. The van der Waals surface area contributed by atoms with Gasteiger partial charge in [-0.05, 0) is 33.6 Å². The summed E-state index contributed by atoms with van der Waals surface area (Å²) in [6.07, 6.45) is 2.04. The molecule has 2 N–H and O–H groups in total. The quantitative estimate of drug-likeness (QED) is 0.273. The topological polar surface area (TPSA) is 84.4 Å². The van der Waals surface area contributed by atoms with Crippen molar-refractivity contribution in [1.29, 1.82) is 0 Å². The van der Waals surface area contributed by atoms with Crippen LogP contribution in [0, 0.1) is 0 Å². The maximum atomic E-state index is 11.6. The Morgan fingerprint density at radius 2 is 1.88 bits per heavy atom. The molecule has 26 heavy (non-hydrogen) atoms. The van der Waals surface area contributed by atoms with Gasteiger partial charge in [-0.25, -0.2) is 4.79 Å². The van der Waals surface area contributed by atoms with Crippen molar-refractivity contribution in [1.82, 2.24) is 15.5 Å². The molecule has 2 atom stereocenters. The first kappa shape index (κ1) is 23.2. The van der Waals surface area contributed by atoms with E-state index in [1.54, 1.807) is 7.05 Å². The molecule has 2 aliphatic rings. The molecule has 0 bridgehead atoms. The number of hydrogen-bond acceptors (Lipinski definition) is 5. The number of hydrogen-bond donors (Lipinski definition) is 2. The van der Waals surface area contributed by atoms with Gasteiger partial charge in [0.15, 0.2) is 5.96 Å². The zero-order chi connectivity index (χ0) is 18.3. The van der Waals surface area contributed by atoms with Crippen LogP contribution in [-0.2, 0) is 14.2 Å². The molecule has 0 aromatic rings. The summed E-state index contributed by atoms with van der Waals surface area (Å²) >= 11 is 0. The van der Waals surface area contributed by atoms with Crippen LogP contribution in [0.5, 0.6) is 0 Å². The van der Waals surface area contributed by atoms with Crippen molar-refractivity contribution in [2.75, 3.05) is 46.4 Å². The minimum Gasteiger partial charge on any atom is -0.444 e. The molecule has 0 aromatic heterocycles. The number of ether oxygens (including phenoxy) is 3. The number of alkyl carbamates (subject to hydrolysis) is 1. The van der Waals surface area contributed by atoms with Gasteiger partial charge in [0.1, 0.15) is 11.7 Å². The van der Waals surface area contributed by atoms with Gasteiger partial charge in [-0.3, -0.25) is 4.99 Å². The molecule has 9 heteroatoms. The Hall–Kier alpha value is -0.810. The second-order valence-electron chi connectivity index (χ2n) is 7.31. The third-order valence-corrected chi connectivity index (χ3v) is 4.06. The molecule has 0 aliphatic carbocycles. The van der Waals surface area contributed by atoms with Gasteiger partial charge in [-0.15, -0.1) is 24.0 Å². The predicted octanol–water partition coefficient (Wildman–Crippen LogP) is 1.58. The maximum absolute atomic E-state index is 11.6. The molecule has 2 aliphatic heterocycles. The lowest BCUT2D eigenvalue weighted by Gasteiger charge is -2.37. The Labute approximate surface area is 173 Å². The van der Waals surface area contributed by atoms with Gasteiger partial charge in [0.2, 0.25) is 0 Å². The Bertz CT molecular complexity index is 464. The third kappa shape index (κ3) is 7.83. The fourth-order valence-electron chi connectivity index (χ4n) is 2.97. The van der Waals surface area contributed by atoms with Crippen molar-refractivity contribution in [3.05, 3.63) is 0 Å². The number of aliphatic imine (C=N–C) groups is 1. The molecule has 2 rings (SSSR count). The van der Waals surface area contributed by atoms with E-state index < -0.39 is 11.7 Å². The molecule has 0 saturated carbocycles. The van der Waals surface area contributed by atoms with E-state index in [1.807, 2.05) is 20.8 Å². The first-order valence-corrected chi connectivity index (χ1v) is 9.04. The number of carbonyl (C=O) groups is 1. The van der Waals surface area contributed by atoms with Crippen LogP contribution in [0.4, 0.5) is 4.79 Å². The summed E-state index contributed by atoms with van der Waals surface area (Å²) in [5.41, 5.74) is -0.487. The molecule has 2 fully saturated rings. The van der Waals surface area contributed by atoms with Crippen molar-refractivity contribution >= 4 is 36.0 Å². The summed E-state index contributed by atoms with van der Waals surface area (Å²) in [7, 11) is 1.76. The zero-order valence-corrected chi connectivity index (χ0v) is 18.6. The maximum Gasteiger partial charge on any atom is 0.407 e. The van der Waals surface area contributed by atoms with Gasteiger partial charge in [0, 0.05) is 39.8 Å². The van der Waals surface area contributed by atoms with Crippen LogP contribution >= 0.6 is 24.0 Å². The van der Waals surface area contributed by atoms with Crippen molar-refractivity contribution < 1.29 is 19.0 Å². The van der Waals surface area contributed by atoms with Crippen molar-refractivity contribution in [3.8, 4) is 0 Å². The normalized spacial score (nSPS) is 24.0. The van der Waals surface area contributed by atoms with Gasteiger partial charge in [-0.1, -0.05) is 0 Å². The highest BCUT2D eigenvalue weighted by molar-refractivity contribution is 14.0. The first-order valence-electron chi connectivity index (χ1n) is 9.04. The van der Waals surface area contributed by atoms with Crippen LogP contribution in [0.15, 0.2) is 4.99 Å². The standard InChI is InChI=1S/C17H32N4O4.HI/c1-17(2,3)25-16(22)20-8-7-19-15(18-4)21-9-11-24-14(12-21)13-6-5-10-23-13;/h13-14H,5-12H2,1-4H3,(H,18,19)(H,20,22);1H. The zero-order valence-electron chi connectivity index (χ0n) is 16.2. The van der Waals surface area contributed by atoms with E-state index in [2.05, 4.69) is 20.5 Å². The molecule has 0 spiro atoms. The van der Waals surface area contributed by atoms with Gasteiger partial charge >= 0.3 is 6.09 Å². The molecule has 8 nitrogen and oxygen atoms in total. The fraction of sp³-hybridized carbons (Fsp3) is 0.882. The highest BCUT2D eigenvalue weighted by Crippen LogP contribution is 2.20. The Morgan fingerprint density at radius 3 is 2.50 bits per heavy atom. The SMILES string of the molecule is CN=C(NCCNC(=O)OC(C)(C)C)N1CCOC(C2CCCO2)C1.I. The Kier molecular flexibility index (Phi) is 9.94. The van der Waals surface area contributed by atoms with E-state index in [0.29, 0.717) is 19.7 Å². The predicted molar refractivity (Wildman–Crippen MR) is 111 cm³/mol. The number of guanidine groups is 1. The van der Waals surface area contributed by atoms with Crippen LogP contribution in [0.2, 0.25) is 0 Å². The molecule has 0 aromatic carbocycles. The highest BCUT2D eigenvalue weighted by atomic mass is 127. The van der Waals surface area contributed by atoms with Crippen LogP contribution in [0.25, 0.3) is 0 Å². The highest BCUT2D eigenvalue weighted by Gasteiger charge is 2.32. The summed E-state index contributed by atoms with van der Waals surface area (Å²) in [6, 6.07) is 0. The van der Waals surface area contributed by atoms with E-state index in [-0.39, 0.29) is 36.2 Å². The molecule has 1 amide bonds. The number of carbonyl (C=O) groups excluding carboxylic acids is 1. The summed E-state index contributed by atoms with van der Waals surface area (Å²) < 4.78 is 16.8. The Morgan fingerprint density at radius 1 is 1.19 bits per heavy atom. The van der Waals surface area contributed by atoms with E-state index in [4.69, 9.17) is 14.2 Å². The number of amides is 1. The van der Waals surface area contributed by atoms with Crippen molar-refractivity contribution in [3.63, 3.8) is 0 Å². The number of morpholine rings is 1. The second kappa shape index (κ2) is 11.1. The molecular weight excluding hydrogens is 451 g/mol. The smallest absolute Gasteiger partial charge is 0.407 e. The van der Waals surface area contributed by atoms with Crippen LogP contribution < -0.4 is 10.6 Å². The Balaban J connectivity index is 0.00000338. The average Bonchev–Trinajstić information content (AvgIpc) is 3.08. The van der Waals surface area contributed by atoms with E-state index in [1.165, 1.54) is 0 Å². The monoisotopic (exact) mass is 484 g/mol. The third-order valence-electron chi connectivity index (χ3n) is 4.06. The summed E-state index contributed by atoms with van der Waals surface area (Å²) in [5.74, 6) is 0.817. The fourth-order valence-corrected chi connectivity index (χ4v) is 2.97. The minimum atomic E-state index is -0.487. The minimum absolute atomic E-state index is 0. The summed E-state index contributed by atoms with van der Waals surface area (Å²) in [5, 5.41) is 6.01. The van der Waals surface area contributed by atoms with E-state index in [9.17, 15) is 4.79 Å². The lowest BCUT2D eigenvalue weighted by atomic mass is 10.1. The average molecular weight is 484 g/mol. The van der Waals surface area contributed by atoms with Gasteiger partial charge in [0.25, 0.3) is 0 Å². The first-order chi connectivity index (χ1) is 11.9. The molecule has 0 radical (unpaired) electrons. The lowest BCUT2D eigenvalue weighted by Crippen LogP contribution is -2.54. The van der Waals surface area contributed by atoms with Crippen molar-refractivity contribution in [2.24, 2.45) is 4.99 Å². The lowest BCUT2D eigenvalue weighted by molar-refractivity contribution is -0.0816.